The number of anilines is 2. The maximum atomic E-state index is 13.8. The van der Waals surface area contributed by atoms with Crippen LogP contribution in [0.4, 0.5) is 11.4 Å². The fraction of sp³-hybridized carbons (Fsp3) is 0.500. The number of carbonyl (C=O) groups excluding carboxylic acids is 2. The van der Waals surface area contributed by atoms with Gasteiger partial charge >= 0.3 is 5.97 Å². The zero-order chi connectivity index (χ0) is 38.8. The number of carbonyl (C=O) groups is 3. The molecule has 56 heavy (non-hydrogen) atoms. The number of likely N-dealkylation sites (tertiary alicyclic amines) is 1. The first-order valence-corrected chi connectivity index (χ1v) is 20.8. The molecule has 2 aromatic carbocycles. The second-order valence-corrected chi connectivity index (χ2v) is 17.5. The second kappa shape index (κ2) is 14.6. The Bertz CT molecular complexity index is 2220. The number of benzene rings is 2. The molecule has 2 aliphatic carbocycles. The van der Waals surface area contributed by atoms with E-state index in [1.54, 1.807) is 18.2 Å². The number of rotatable bonds is 10. The molecule has 2 aromatic heterocycles. The summed E-state index contributed by atoms with van der Waals surface area (Å²) in [5.41, 5.74) is 5.11. The first kappa shape index (κ1) is 37.4. The van der Waals surface area contributed by atoms with Crippen LogP contribution in [0.3, 0.4) is 0 Å². The van der Waals surface area contributed by atoms with Crippen molar-refractivity contribution in [2.45, 2.75) is 89.8 Å². The van der Waals surface area contributed by atoms with Crippen molar-refractivity contribution in [1.29, 1.82) is 0 Å². The fourth-order valence-electron chi connectivity index (χ4n) is 10.4. The molecule has 4 aromatic rings. The van der Waals surface area contributed by atoms with Crippen molar-refractivity contribution in [2.24, 2.45) is 17.9 Å². The summed E-state index contributed by atoms with van der Waals surface area (Å²) in [6, 6.07) is 13.0. The molecule has 1 saturated heterocycles. The lowest BCUT2D eigenvalue weighted by Gasteiger charge is -2.32. The number of carboxylic acids is 1. The van der Waals surface area contributed by atoms with Crippen LogP contribution in [0.1, 0.15) is 108 Å². The summed E-state index contributed by atoms with van der Waals surface area (Å²) >= 11 is 13.9. The summed E-state index contributed by atoms with van der Waals surface area (Å²) in [5.74, 6) is -1.01. The third-order valence-electron chi connectivity index (χ3n) is 13.5. The molecule has 9 rings (SSSR count). The largest absolute Gasteiger partial charge is 0.481 e. The van der Waals surface area contributed by atoms with Crippen molar-refractivity contribution >= 4 is 52.4 Å². The van der Waals surface area contributed by atoms with Crippen LogP contribution in [0.2, 0.25) is 10.0 Å². The van der Waals surface area contributed by atoms with Gasteiger partial charge in [-0.2, -0.15) is 5.10 Å². The molecule has 1 atom stereocenters. The van der Waals surface area contributed by atoms with Gasteiger partial charge in [-0.15, -0.1) is 0 Å². The summed E-state index contributed by atoms with van der Waals surface area (Å²) < 4.78 is 3.86. The lowest BCUT2D eigenvalue weighted by atomic mass is 9.80. The van der Waals surface area contributed by atoms with Crippen LogP contribution in [0.5, 0.6) is 0 Å². The van der Waals surface area contributed by atoms with Crippen LogP contribution in [0.15, 0.2) is 42.5 Å². The summed E-state index contributed by atoms with van der Waals surface area (Å²) in [7, 11) is 1.88. The van der Waals surface area contributed by atoms with Crippen molar-refractivity contribution in [3.8, 4) is 11.1 Å². The summed E-state index contributed by atoms with van der Waals surface area (Å²) in [5, 5.41) is 21.1. The van der Waals surface area contributed by atoms with Gasteiger partial charge in [0.05, 0.1) is 44.3 Å². The van der Waals surface area contributed by atoms with Gasteiger partial charge in [0.1, 0.15) is 0 Å². The molecule has 12 nitrogen and oxygen atoms in total. The van der Waals surface area contributed by atoms with E-state index in [0.717, 1.165) is 108 Å². The first-order valence-electron chi connectivity index (χ1n) is 20.1. The molecule has 0 radical (unpaired) electrons. The zero-order valence-electron chi connectivity index (χ0n) is 31.8. The molecule has 2 bridgehead atoms. The van der Waals surface area contributed by atoms with Gasteiger partial charge in [0.25, 0.3) is 11.8 Å². The van der Waals surface area contributed by atoms with Gasteiger partial charge in [0, 0.05) is 49.9 Å². The monoisotopic (exact) mass is 798 g/mol. The van der Waals surface area contributed by atoms with Gasteiger partial charge < -0.3 is 20.3 Å². The summed E-state index contributed by atoms with van der Waals surface area (Å²) in [6.07, 6.45) is 10.7. The maximum absolute atomic E-state index is 13.8. The first-order chi connectivity index (χ1) is 27.0. The van der Waals surface area contributed by atoms with E-state index in [2.05, 4.69) is 25.5 Å². The number of nitrogens with zero attached hydrogens (tertiary/aromatic N) is 6. The number of aliphatic carboxylic acids is 1. The molecule has 2 saturated carbocycles. The van der Waals surface area contributed by atoms with Crippen molar-refractivity contribution in [1.82, 2.24) is 29.1 Å². The van der Waals surface area contributed by atoms with Gasteiger partial charge in [-0.1, -0.05) is 47.5 Å². The number of aryl methyl sites for hydroxylation is 1. The lowest BCUT2D eigenvalue weighted by Crippen LogP contribution is -2.34. The van der Waals surface area contributed by atoms with Crippen LogP contribution in [0, 0.1) is 10.8 Å². The molecule has 5 aliphatic rings. The Hall–Kier alpha value is -4.23. The Balaban J connectivity index is 0.870. The Morgan fingerprint density at radius 1 is 0.893 bits per heavy atom. The van der Waals surface area contributed by atoms with Gasteiger partial charge in [-0.05, 0) is 107 Å². The predicted octanol–water partition coefficient (Wildman–Crippen LogP) is 7.81. The molecule has 3 N–H and O–H groups in total. The molecule has 14 heteroatoms. The standard InChI is InChI=1S/C42H48Cl2N8O4/c1-49-32-12-21-50(22-17-41-13-15-42(25-41,16-14-41)40(55)56)24-31(32)45-37(49)39(54)47-29-10-5-8-27(36(29)44)26-7-4-9-28(35(26)43)46-38(53)30-23-34-33(51-18-2-3-19-51)11-6-20-52(34)48-30/h4-5,7-10,23,33H,2-3,6,11-22,24-25H2,1H3,(H,46,53)(H,47,54)(H,55,56). The van der Waals surface area contributed by atoms with Crippen molar-refractivity contribution < 1.29 is 19.5 Å². The number of amides is 2. The molecule has 294 valence electrons. The van der Waals surface area contributed by atoms with E-state index in [1.165, 1.54) is 12.8 Å². The molecule has 3 fully saturated rings. The van der Waals surface area contributed by atoms with Crippen molar-refractivity contribution in [2.75, 3.05) is 36.8 Å². The number of aromatic nitrogens is 4. The zero-order valence-corrected chi connectivity index (χ0v) is 33.3. The number of nitrogens with one attached hydrogen (secondary N) is 2. The molecule has 1 unspecified atom stereocenters. The van der Waals surface area contributed by atoms with Gasteiger partial charge in [0.15, 0.2) is 11.5 Å². The average Bonchev–Trinajstić information content (AvgIpc) is 4.05. The van der Waals surface area contributed by atoms with Crippen LogP contribution < -0.4 is 10.6 Å². The van der Waals surface area contributed by atoms with Crippen molar-refractivity contribution in [3.63, 3.8) is 0 Å². The maximum Gasteiger partial charge on any atom is 0.309 e. The Morgan fingerprint density at radius 2 is 1.57 bits per heavy atom. The third kappa shape index (κ3) is 6.62. The molecule has 5 heterocycles. The van der Waals surface area contributed by atoms with Gasteiger partial charge in [-0.25, -0.2) is 4.98 Å². The van der Waals surface area contributed by atoms with E-state index in [-0.39, 0.29) is 17.2 Å². The number of hydrogen-bond donors (Lipinski definition) is 3. The number of hydrogen-bond acceptors (Lipinski definition) is 7. The summed E-state index contributed by atoms with van der Waals surface area (Å²) in [6.45, 7) is 5.38. The van der Waals surface area contributed by atoms with Gasteiger partial charge in [0.2, 0.25) is 0 Å². The second-order valence-electron chi connectivity index (χ2n) is 16.7. The summed E-state index contributed by atoms with van der Waals surface area (Å²) in [4.78, 5) is 48.9. The molecular weight excluding hydrogens is 751 g/mol. The van der Waals surface area contributed by atoms with E-state index >= 15 is 0 Å². The van der Waals surface area contributed by atoms with E-state index in [4.69, 9.17) is 28.2 Å². The van der Waals surface area contributed by atoms with Crippen LogP contribution in [-0.4, -0.2) is 78.2 Å². The highest BCUT2D eigenvalue weighted by Gasteiger charge is 2.57. The van der Waals surface area contributed by atoms with Crippen molar-refractivity contribution in [3.05, 3.63) is 81.1 Å². The molecule has 0 spiro atoms. The number of imidazole rings is 1. The van der Waals surface area contributed by atoms with Gasteiger partial charge in [-0.3, -0.25) is 28.9 Å². The highest BCUT2D eigenvalue weighted by Crippen LogP contribution is 2.63. The minimum atomic E-state index is -0.625. The number of carboxylic acid groups (broad SMARTS) is 1. The van der Waals surface area contributed by atoms with E-state index in [0.29, 0.717) is 56.7 Å². The third-order valence-corrected chi connectivity index (χ3v) is 14.3. The molecular formula is C42H48Cl2N8O4. The lowest BCUT2D eigenvalue weighted by molar-refractivity contribution is -0.148. The normalized spacial score (nSPS) is 24.6. The quantitative estimate of drug-likeness (QED) is 0.148. The van der Waals surface area contributed by atoms with E-state index < -0.39 is 11.4 Å². The SMILES string of the molecule is Cn1c(C(=O)Nc2cccc(-c3cccc(NC(=O)c4cc5n(n4)CCCC5N4CCCC4)c3Cl)c2Cl)nc2c1CCN(CCC13CCC(C(=O)O)(CC1)C3)C2. The van der Waals surface area contributed by atoms with E-state index in [1.807, 2.05) is 40.6 Å². The van der Waals surface area contributed by atoms with Crippen LogP contribution in [-0.2, 0) is 31.4 Å². The number of halogens is 2. The Morgan fingerprint density at radius 3 is 2.23 bits per heavy atom. The average molecular weight is 800 g/mol. The minimum absolute atomic E-state index is 0.137. The van der Waals surface area contributed by atoms with Crippen LogP contribution in [0.25, 0.3) is 11.1 Å². The molecule has 3 aliphatic heterocycles. The Labute approximate surface area is 336 Å². The highest BCUT2D eigenvalue weighted by molar-refractivity contribution is 6.40. The Kier molecular flexibility index (Phi) is 9.75. The van der Waals surface area contributed by atoms with Crippen LogP contribution >= 0.6 is 23.2 Å². The fourth-order valence-corrected chi connectivity index (χ4v) is 10.9. The van der Waals surface area contributed by atoms with E-state index in [9.17, 15) is 19.5 Å². The topological polar surface area (TPSA) is 138 Å². The minimum Gasteiger partial charge on any atom is -0.481 e. The number of fused-ring (bicyclic) bond motifs is 4. The molecule has 2 amide bonds. The smallest absolute Gasteiger partial charge is 0.309 e. The predicted molar refractivity (Wildman–Crippen MR) is 215 cm³/mol. The highest BCUT2D eigenvalue weighted by atomic mass is 35.5.